The zero-order valence-electron chi connectivity index (χ0n) is 14.4. The third-order valence-electron chi connectivity index (χ3n) is 4.75. The largest absolute Gasteiger partial charge is 0.270 e. The summed E-state index contributed by atoms with van der Waals surface area (Å²) in [4.78, 5) is 0. The summed E-state index contributed by atoms with van der Waals surface area (Å²) >= 11 is 0. The van der Waals surface area contributed by atoms with E-state index in [0.29, 0.717) is 11.8 Å². The van der Waals surface area contributed by atoms with Crippen molar-refractivity contribution < 1.29 is 8.78 Å². The number of alkyl halides is 2. The van der Waals surface area contributed by atoms with Gasteiger partial charge >= 0.3 is 0 Å². The molecule has 1 aromatic rings. The normalized spacial score (nSPS) is 19.4. The Kier molecular flexibility index (Phi) is 5.62. The maximum atomic E-state index is 12.9. The Morgan fingerprint density at radius 3 is 2.55 bits per heavy atom. The molecule has 126 valence electrons. The highest BCUT2D eigenvalue weighted by Crippen LogP contribution is 2.45. The Hall–Kier alpha value is -0.930. The fraction of sp³-hybridized carbons (Fsp3) is 0.833. The van der Waals surface area contributed by atoms with E-state index in [-0.39, 0.29) is 18.8 Å². The first-order valence-electron chi connectivity index (χ1n) is 8.66. The second kappa shape index (κ2) is 7.10. The van der Waals surface area contributed by atoms with Crippen LogP contribution in [0, 0.1) is 24.7 Å². The topological polar surface area (TPSA) is 17.8 Å². The number of halogens is 2. The molecule has 0 saturated heterocycles. The van der Waals surface area contributed by atoms with Crippen LogP contribution in [-0.4, -0.2) is 15.7 Å². The molecule has 2 rings (SSSR count). The van der Waals surface area contributed by atoms with Crippen LogP contribution in [0.15, 0.2) is 6.07 Å². The van der Waals surface area contributed by atoms with Crippen LogP contribution in [0.5, 0.6) is 0 Å². The van der Waals surface area contributed by atoms with Crippen LogP contribution in [0.2, 0.25) is 0 Å². The van der Waals surface area contributed by atoms with E-state index in [1.54, 1.807) is 0 Å². The van der Waals surface area contributed by atoms with Gasteiger partial charge in [0.15, 0.2) is 0 Å². The Labute approximate surface area is 133 Å². The van der Waals surface area contributed by atoms with Crippen molar-refractivity contribution in [2.24, 2.45) is 17.8 Å². The van der Waals surface area contributed by atoms with E-state index >= 15 is 0 Å². The lowest BCUT2D eigenvalue weighted by molar-refractivity contribution is -0.115. The van der Waals surface area contributed by atoms with Crippen molar-refractivity contribution in [2.45, 2.75) is 78.7 Å². The van der Waals surface area contributed by atoms with Crippen LogP contribution in [0.4, 0.5) is 8.78 Å². The molecular weight excluding hydrogens is 282 g/mol. The molecular formula is C18H30F2N2. The predicted molar refractivity (Wildman–Crippen MR) is 86.2 cm³/mol. The molecule has 1 atom stereocenters. The highest BCUT2D eigenvalue weighted by Gasteiger charge is 2.45. The van der Waals surface area contributed by atoms with Gasteiger partial charge in [0.2, 0.25) is 5.92 Å². The second-order valence-electron chi connectivity index (χ2n) is 7.69. The highest BCUT2D eigenvalue weighted by molar-refractivity contribution is 5.09. The number of hydrogen-bond donors (Lipinski definition) is 0. The lowest BCUT2D eigenvalue weighted by Crippen LogP contribution is -2.36. The fourth-order valence-corrected chi connectivity index (χ4v) is 3.34. The van der Waals surface area contributed by atoms with Gasteiger partial charge in [0.1, 0.15) is 0 Å². The third kappa shape index (κ3) is 5.06. The van der Waals surface area contributed by atoms with E-state index in [2.05, 4.69) is 43.5 Å². The van der Waals surface area contributed by atoms with Gasteiger partial charge in [-0.25, -0.2) is 8.78 Å². The molecule has 0 N–H and O–H groups in total. The van der Waals surface area contributed by atoms with Crippen LogP contribution in [0.3, 0.4) is 0 Å². The summed E-state index contributed by atoms with van der Waals surface area (Å²) in [6.45, 7) is 9.72. The van der Waals surface area contributed by atoms with Gasteiger partial charge in [0, 0.05) is 25.1 Å². The maximum absolute atomic E-state index is 12.9. The fourth-order valence-electron chi connectivity index (χ4n) is 3.34. The lowest BCUT2D eigenvalue weighted by Gasteiger charge is -2.36. The van der Waals surface area contributed by atoms with Gasteiger partial charge in [-0.05, 0) is 56.4 Å². The van der Waals surface area contributed by atoms with E-state index in [9.17, 15) is 8.78 Å². The minimum atomic E-state index is -2.38. The molecule has 0 bridgehead atoms. The monoisotopic (exact) mass is 312 g/mol. The van der Waals surface area contributed by atoms with E-state index in [4.69, 9.17) is 0 Å². The van der Waals surface area contributed by atoms with E-state index in [1.807, 2.05) is 0 Å². The quantitative estimate of drug-likeness (QED) is 0.641. The predicted octanol–water partition coefficient (Wildman–Crippen LogP) is 5.24. The van der Waals surface area contributed by atoms with Crippen molar-refractivity contribution in [3.05, 3.63) is 17.5 Å². The van der Waals surface area contributed by atoms with E-state index in [0.717, 1.165) is 37.9 Å². The third-order valence-corrected chi connectivity index (χ3v) is 4.75. The maximum Gasteiger partial charge on any atom is 0.248 e. The average Bonchev–Trinajstić information content (AvgIpc) is 2.72. The standard InChI is InChI=1S/C18H30F2N2/c1-13(2)7-8-22-15(4)10-17(21-22)6-5-14(3)9-16-11-18(19,20)12-16/h10,13-14,16H,5-9,11-12H2,1-4H3. The summed E-state index contributed by atoms with van der Waals surface area (Å²) in [5.74, 6) is -0.957. The van der Waals surface area contributed by atoms with Gasteiger partial charge in [-0.2, -0.15) is 5.10 Å². The molecule has 0 radical (unpaired) electrons. The SMILES string of the molecule is Cc1cc(CCC(C)CC2CC(F)(F)C2)nn1CCC(C)C. The van der Waals surface area contributed by atoms with Gasteiger partial charge in [0.25, 0.3) is 0 Å². The van der Waals surface area contributed by atoms with Crippen LogP contribution in [0.1, 0.15) is 64.3 Å². The van der Waals surface area contributed by atoms with Crippen LogP contribution < -0.4 is 0 Å². The Morgan fingerprint density at radius 1 is 1.27 bits per heavy atom. The van der Waals surface area contributed by atoms with Crippen LogP contribution in [0.25, 0.3) is 0 Å². The van der Waals surface area contributed by atoms with Gasteiger partial charge in [-0.3, -0.25) is 4.68 Å². The summed E-state index contributed by atoms with van der Waals surface area (Å²) in [6.07, 6.45) is 4.28. The molecule has 1 heterocycles. The zero-order chi connectivity index (χ0) is 16.3. The van der Waals surface area contributed by atoms with E-state index < -0.39 is 5.92 Å². The number of nitrogens with zero attached hydrogens (tertiary/aromatic N) is 2. The molecule has 0 aromatic carbocycles. The highest BCUT2D eigenvalue weighted by atomic mass is 19.3. The molecule has 4 heteroatoms. The summed E-state index contributed by atoms with van der Waals surface area (Å²) in [5, 5.41) is 4.69. The van der Waals surface area contributed by atoms with Gasteiger partial charge in [-0.15, -0.1) is 0 Å². The first-order chi connectivity index (χ1) is 10.2. The first-order valence-corrected chi connectivity index (χ1v) is 8.66. The molecule has 0 aliphatic heterocycles. The molecule has 1 aliphatic rings. The van der Waals surface area contributed by atoms with E-state index in [1.165, 1.54) is 5.69 Å². The number of aryl methyl sites for hydroxylation is 3. The smallest absolute Gasteiger partial charge is 0.248 e. The molecule has 1 unspecified atom stereocenters. The molecule has 2 nitrogen and oxygen atoms in total. The minimum Gasteiger partial charge on any atom is -0.270 e. The Balaban J connectivity index is 1.73. The average molecular weight is 312 g/mol. The summed E-state index contributed by atoms with van der Waals surface area (Å²) in [7, 11) is 0. The number of hydrogen-bond acceptors (Lipinski definition) is 1. The summed E-state index contributed by atoms with van der Waals surface area (Å²) in [6, 6.07) is 2.17. The number of aromatic nitrogens is 2. The zero-order valence-corrected chi connectivity index (χ0v) is 14.4. The van der Waals surface area contributed by atoms with Gasteiger partial charge in [-0.1, -0.05) is 20.8 Å². The van der Waals surface area contributed by atoms with Gasteiger partial charge < -0.3 is 0 Å². The van der Waals surface area contributed by atoms with Crippen LogP contribution in [-0.2, 0) is 13.0 Å². The summed E-state index contributed by atoms with van der Waals surface area (Å²) in [5.41, 5.74) is 2.37. The number of rotatable bonds is 8. The van der Waals surface area contributed by atoms with Crippen molar-refractivity contribution in [3.8, 4) is 0 Å². The van der Waals surface area contributed by atoms with Crippen molar-refractivity contribution >= 4 is 0 Å². The second-order valence-corrected chi connectivity index (χ2v) is 7.69. The molecule has 0 spiro atoms. The van der Waals surface area contributed by atoms with Crippen molar-refractivity contribution in [1.29, 1.82) is 0 Å². The van der Waals surface area contributed by atoms with Gasteiger partial charge in [0.05, 0.1) is 5.69 Å². The Morgan fingerprint density at radius 2 is 1.95 bits per heavy atom. The molecule has 22 heavy (non-hydrogen) atoms. The Bertz CT molecular complexity index is 471. The minimum absolute atomic E-state index is 0.0975. The van der Waals surface area contributed by atoms with Crippen LogP contribution >= 0.6 is 0 Å². The molecule has 1 aliphatic carbocycles. The lowest BCUT2D eigenvalue weighted by atomic mass is 9.75. The van der Waals surface area contributed by atoms with Crippen molar-refractivity contribution in [2.75, 3.05) is 0 Å². The van der Waals surface area contributed by atoms with Crippen molar-refractivity contribution in [1.82, 2.24) is 9.78 Å². The summed E-state index contributed by atoms with van der Waals surface area (Å²) < 4.78 is 27.8. The molecule has 0 amide bonds. The van der Waals surface area contributed by atoms with Crippen molar-refractivity contribution in [3.63, 3.8) is 0 Å². The molecule has 1 saturated carbocycles. The molecule has 1 fully saturated rings. The first kappa shape index (κ1) is 17.4. The molecule has 1 aromatic heterocycles.